The van der Waals surface area contributed by atoms with Gasteiger partial charge in [-0.15, -0.1) is 0 Å². The highest BCUT2D eigenvalue weighted by Crippen LogP contribution is 2.25. The van der Waals surface area contributed by atoms with E-state index in [-0.39, 0.29) is 30.2 Å². The summed E-state index contributed by atoms with van der Waals surface area (Å²) in [6.07, 6.45) is 0.668. The van der Waals surface area contributed by atoms with E-state index >= 15 is 0 Å². The van der Waals surface area contributed by atoms with Crippen molar-refractivity contribution in [2.45, 2.75) is 58.0 Å². The summed E-state index contributed by atoms with van der Waals surface area (Å²) in [4.78, 5) is 42.5. The molecule has 0 bridgehead atoms. The number of thioether (sulfide) groups is 1. The van der Waals surface area contributed by atoms with Crippen molar-refractivity contribution < 1.29 is 19.1 Å². The molecule has 190 valence electrons. The molecule has 0 aliphatic heterocycles. The molecule has 2 aromatic heterocycles. The van der Waals surface area contributed by atoms with Crippen LogP contribution in [0.1, 0.15) is 44.5 Å². The van der Waals surface area contributed by atoms with Crippen molar-refractivity contribution >= 4 is 45.6 Å². The standard InChI is InChI=1S/C26H30N4O5S/c1-5-34-24(33)17-10-8-12-19-22(17)23(32)30(28-19)14-9-15-36-25-27-18-11-6-7-13-20(18)29(25)16-21(31)35-26(2,3)4/h6-8,10-13,28H,5,9,14-16H2,1-4H3. The van der Waals surface area contributed by atoms with Crippen molar-refractivity contribution in [3.63, 3.8) is 0 Å². The fourth-order valence-corrected chi connectivity index (χ4v) is 4.89. The normalized spacial score (nSPS) is 11.8. The van der Waals surface area contributed by atoms with Crippen LogP contribution in [0.25, 0.3) is 21.9 Å². The number of nitrogens with one attached hydrogen (secondary N) is 1. The van der Waals surface area contributed by atoms with E-state index in [2.05, 4.69) is 5.10 Å². The minimum Gasteiger partial charge on any atom is -0.462 e. The lowest BCUT2D eigenvalue weighted by Gasteiger charge is -2.20. The molecule has 0 saturated carbocycles. The number of H-pyrrole nitrogens is 1. The number of aryl methyl sites for hydroxylation is 1. The van der Waals surface area contributed by atoms with Crippen LogP contribution in [-0.4, -0.2) is 49.2 Å². The van der Waals surface area contributed by atoms with Gasteiger partial charge in [0, 0.05) is 12.3 Å². The van der Waals surface area contributed by atoms with Gasteiger partial charge in [0.25, 0.3) is 5.56 Å². The molecule has 4 aromatic rings. The van der Waals surface area contributed by atoms with E-state index in [0.717, 1.165) is 16.2 Å². The van der Waals surface area contributed by atoms with Gasteiger partial charge in [0.15, 0.2) is 5.16 Å². The number of benzene rings is 2. The molecule has 9 nitrogen and oxygen atoms in total. The van der Waals surface area contributed by atoms with Gasteiger partial charge in [0.2, 0.25) is 0 Å². The first-order chi connectivity index (χ1) is 17.2. The fourth-order valence-electron chi connectivity index (χ4n) is 3.95. The largest absolute Gasteiger partial charge is 0.462 e. The van der Waals surface area contributed by atoms with Gasteiger partial charge in [-0.05, 0) is 58.4 Å². The molecular formula is C26H30N4O5S. The molecule has 0 spiro atoms. The highest BCUT2D eigenvalue weighted by Gasteiger charge is 2.20. The summed E-state index contributed by atoms with van der Waals surface area (Å²) in [6, 6.07) is 12.8. The summed E-state index contributed by atoms with van der Waals surface area (Å²) < 4.78 is 14.0. The van der Waals surface area contributed by atoms with Gasteiger partial charge in [-0.3, -0.25) is 19.4 Å². The third-order valence-electron chi connectivity index (χ3n) is 5.36. The lowest BCUT2D eigenvalue weighted by molar-refractivity contribution is -0.155. The number of carbonyl (C=O) groups excluding carboxylic acids is 2. The van der Waals surface area contributed by atoms with Crippen molar-refractivity contribution in [3.05, 3.63) is 58.4 Å². The maximum absolute atomic E-state index is 13.0. The van der Waals surface area contributed by atoms with Crippen LogP contribution < -0.4 is 5.56 Å². The Morgan fingerprint density at radius 3 is 2.64 bits per heavy atom. The maximum Gasteiger partial charge on any atom is 0.339 e. The Morgan fingerprint density at radius 1 is 1.11 bits per heavy atom. The zero-order valence-electron chi connectivity index (χ0n) is 20.9. The van der Waals surface area contributed by atoms with Crippen molar-refractivity contribution in [2.75, 3.05) is 12.4 Å². The number of fused-ring (bicyclic) bond motifs is 2. The number of hydrogen-bond donors (Lipinski definition) is 1. The number of esters is 2. The Morgan fingerprint density at radius 2 is 1.89 bits per heavy atom. The van der Waals surface area contributed by atoms with Crippen LogP contribution in [0, 0.1) is 0 Å². The first-order valence-electron chi connectivity index (χ1n) is 11.9. The van der Waals surface area contributed by atoms with E-state index in [1.165, 1.54) is 16.4 Å². The molecule has 0 atom stereocenters. The number of aromatic nitrogens is 4. The van der Waals surface area contributed by atoms with Gasteiger partial charge in [0.1, 0.15) is 12.1 Å². The molecule has 1 N–H and O–H groups in total. The molecule has 4 rings (SSSR count). The van der Waals surface area contributed by atoms with Crippen molar-refractivity contribution in [1.82, 2.24) is 19.3 Å². The van der Waals surface area contributed by atoms with Crippen LogP contribution in [0.15, 0.2) is 52.4 Å². The molecular weight excluding hydrogens is 480 g/mol. The molecule has 0 aliphatic carbocycles. The summed E-state index contributed by atoms with van der Waals surface area (Å²) in [6.45, 7) is 8.00. The van der Waals surface area contributed by atoms with Gasteiger partial charge in [-0.25, -0.2) is 9.78 Å². The summed E-state index contributed by atoms with van der Waals surface area (Å²) in [7, 11) is 0. The second-order valence-electron chi connectivity index (χ2n) is 9.27. The maximum atomic E-state index is 13.0. The SMILES string of the molecule is CCOC(=O)c1cccc2[nH]n(CCCSc3nc4ccccc4n3CC(=O)OC(C)(C)C)c(=O)c12. The predicted molar refractivity (Wildman–Crippen MR) is 139 cm³/mol. The van der Waals surface area contributed by atoms with Gasteiger partial charge in [-0.1, -0.05) is 30.0 Å². The zero-order chi connectivity index (χ0) is 25.9. The Balaban J connectivity index is 1.47. The summed E-state index contributed by atoms with van der Waals surface area (Å²) in [5.41, 5.74) is 1.71. The first-order valence-corrected chi connectivity index (χ1v) is 12.8. The Hall–Kier alpha value is -3.53. The van der Waals surface area contributed by atoms with E-state index in [4.69, 9.17) is 14.5 Å². The first kappa shape index (κ1) is 25.6. The van der Waals surface area contributed by atoms with Crippen LogP contribution >= 0.6 is 11.8 Å². The third kappa shape index (κ3) is 5.64. The molecule has 2 heterocycles. The van der Waals surface area contributed by atoms with E-state index in [1.54, 1.807) is 25.1 Å². The van der Waals surface area contributed by atoms with Crippen LogP contribution in [0.5, 0.6) is 0 Å². The van der Waals surface area contributed by atoms with E-state index in [9.17, 15) is 14.4 Å². The van der Waals surface area contributed by atoms with Crippen LogP contribution in [0.2, 0.25) is 0 Å². The molecule has 0 saturated heterocycles. The number of carbonyl (C=O) groups is 2. The second-order valence-corrected chi connectivity index (χ2v) is 10.3. The second kappa shape index (κ2) is 10.6. The Bertz CT molecular complexity index is 1460. The highest BCUT2D eigenvalue weighted by atomic mass is 32.2. The minimum absolute atomic E-state index is 0.0677. The topological polar surface area (TPSA) is 108 Å². The van der Waals surface area contributed by atoms with Crippen molar-refractivity contribution in [1.29, 1.82) is 0 Å². The predicted octanol–water partition coefficient (Wildman–Crippen LogP) is 4.38. The van der Waals surface area contributed by atoms with E-state index in [1.807, 2.05) is 49.6 Å². The third-order valence-corrected chi connectivity index (χ3v) is 6.42. The van der Waals surface area contributed by atoms with Gasteiger partial charge in [-0.2, -0.15) is 0 Å². The molecule has 0 unspecified atom stereocenters. The summed E-state index contributed by atoms with van der Waals surface area (Å²) in [5.74, 6) is -0.162. The fraction of sp³-hybridized carbons (Fsp3) is 0.385. The van der Waals surface area contributed by atoms with Crippen molar-refractivity contribution in [2.24, 2.45) is 0 Å². The molecule has 2 aromatic carbocycles. The molecule has 0 aliphatic rings. The monoisotopic (exact) mass is 510 g/mol. The Kier molecular flexibility index (Phi) is 7.53. The molecule has 36 heavy (non-hydrogen) atoms. The average molecular weight is 511 g/mol. The number of para-hydroxylation sites is 2. The van der Waals surface area contributed by atoms with E-state index < -0.39 is 11.6 Å². The molecule has 0 radical (unpaired) electrons. The molecule has 0 fully saturated rings. The minimum atomic E-state index is -0.569. The highest BCUT2D eigenvalue weighted by molar-refractivity contribution is 7.99. The summed E-state index contributed by atoms with van der Waals surface area (Å²) >= 11 is 1.52. The van der Waals surface area contributed by atoms with Crippen molar-refractivity contribution in [3.8, 4) is 0 Å². The number of hydrogen-bond acceptors (Lipinski definition) is 7. The van der Waals surface area contributed by atoms with Crippen LogP contribution in [-0.2, 0) is 27.4 Å². The zero-order valence-corrected chi connectivity index (χ0v) is 21.7. The smallest absolute Gasteiger partial charge is 0.339 e. The lowest BCUT2D eigenvalue weighted by atomic mass is 10.1. The van der Waals surface area contributed by atoms with Gasteiger partial charge < -0.3 is 14.0 Å². The summed E-state index contributed by atoms with van der Waals surface area (Å²) in [5, 5.41) is 4.14. The van der Waals surface area contributed by atoms with Crippen LogP contribution in [0.3, 0.4) is 0 Å². The Labute approximate surface area is 212 Å². The molecule has 0 amide bonds. The number of imidazole rings is 1. The number of ether oxygens (including phenoxy) is 2. The van der Waals surface area contributed by atoms with Gasteiger partial charge in [0.05, 0.1) is 34.1 Å². The number of nitrogens with zero attached hydrogens (tertiary/aromatic N) is 3. The van der Waals surface area contributed by atoms with Crippen LogP contribution in [0.4, 0.5) is 0 Å². The molecule has 10 heteroatoms. The van der Waals surface area contributed by atoms with E-state index in [0.29, 0.717) is 29.6 Å². The average Bonchev–Trinajstić information content (AvgIpc) is 3.33. The number of aromatic amines is 1. The quantitative estimate of drug-likeness (QED) is 0.202. The number of rotatable bonds is 9. The van der Waals surface area contributed by atoms with Gasteiger partial charge >= 0.3 is 11.9 Å². The lowest BCUT2D eigenvalue weighted by Crippen LogP contribution is -2.26.